The number of nitrogens with one attached hydrogen (secondary N) is 2. The van der Waals surface area contributed by atoms with E-state index in [1.54, 1.807) is 0 Å². The van der Waals surface area contributed by atoms with E-state index in [1.165, 1.54) is 11.1 Å². The Labute approximate surface area is 132 Å². The van der Waals surface area contributed by atoms with E-state index in [0.29, 0.717) is 12.5 Å². The molecular weight excluding hydrogens is 272 g/mol. The Kier molecular flexibility index (Phi) is 5.59. The lowest BCUT2D eigenvalue weighted by Gasteiger charge is -2.16. The number of carbonyl (C=O) groups is 1. The average molecular weight is 296 g/mol. The molecule has 3 nitrogen and oxygen atoms in total. The van der Waals surface area contributed by atoms with E-state index in [0.717, 1.165) is 5.56 Å². The van der Waals surface area contributed by atoms with Crippen LogP contribution in [-0.4, -0.2) is 12.6 Å². The van der Waals surface area contributed by atoms with Gasteiger partial charge < -0.3 is 10.6 Å². The highest BCUT2D eigenvalue weighted by Gasteiger charge is 2.09. The monoisotopic (exact) mass is 296 g/mol. The fraction of sp³-hybridized carbons (Fsp3) is 0.316. The fourth-order valence-corrected chi connectivity index (χ4v) is 2.22. The molecule has 2 amide bonds. The molecule has 0 heterocycles. The molecule has 2 aromatic carbocycles. The van der Waals surface area contributed by atoms with Crippen molar-refractivity contribution in [1.82, 2.24) is 10.6 Å². The molecule has 0 aliphatic heterocycles. The molecular formula is C19H24N2O. The van der Waals surface area contributed by atoms with Crippen LogP contribution in [0.1, 0.15) is 32.4 Å². The summed E-state index contributed by atoms with van der Waals surface area (Å²) in [6.07, 6.45) is 0. The van der Waals surface area contributed by atoms with Gasteiger partial charge in [0.2, 0.25) is 0 Å². The number of hydrogen-bond acceptors (Lipinski definition) is 1. The van der Waals surface area contributed by atoms with Crippen LogP contribution in [0.5, 0.6) is 0 Å². The number of rotatable bonds is 5. The van der Waals surface area contributed by atoms with Crippen LogP contribution in [0, 0.1) is 5.92 Å². The van der Waals surface area contributed by atoms with Crippen LogP contribution in [-0.2, 0) is 0 Å². The Balaban J connectivity index is 1.96. The van der Waals surface area contributed by atoms with Crippen molar-refractivity contribution in [3.05, 3.63) is 60.2 Å². The van der Waals surface area contributed by atoms with Gasteiger partial charge in [-0.3, -0.25) is 0 Å². The van der Waals surface area contributed by atoms with Gasteiger partial charge in [0, 0.05) is 6.54 Å². The highest BCUT2D eigenvalue weighted by atomic mass is 16.2. The van der Waals surface area contributed by atoms with Crippen LogP contribution in [0.2, 0.25) is 0 Å². The minimum absolute atomic E-state index is 0.0167. The topological polar surface area (TPSA) is 41.1 Å². The molecule has 3 heteroatoms. The number of benzene rings is 2. The summed E-state index contributed by atoms with van der Waals surface area (Å²) in [6, 6.07) is 18.4. The Hall–Kier alpha value is -2.29. The van der Waals surface area contributed by atoms with Crippen molar-refractivity contribution >= 4 is 6.03 Å². The van der Waals surface area contributed by atoms with Crippen LogP contribution < -0.4 is 10.6 Å². The minimum Gasteiger partial charge on any atom is -0.338 e. The summed E-state index contributed by atoms with van der Waals surface area (Å²) < 4.78 is 0. The standard InChI is InChI=1S/C19H24N2O/c1-14(2)13-20-19(22)21-15(3)16-9-11-18(12-10-16)17-7-5-4-6-8-17/h4-12,14-15H,13H2,1-3H3,(H2,20,21,22)/t15-/m0/s1. The number of hydrogen-bond donors (Lipinski definition) is 2. The molecule has 2 N–H and O–H groups in total. The Morgan fingerprint density at radius 3 is 2.09 bits per heavy atom. The SMILES string of the molecule is CC(C)CNC(=O)N[C@@H](C)c1ccc(-c2ccccc2)cc1. The first-order chi connectivity index (χ1) is 10.6. The molecule has 22 heavy (non-hydrogen) atoms. The zero-order chi connectivity index (χ0) is 15.9. The van der Waals surface area contributed by atoms with Crippen LogP contribution in [0.3, 0.4) is 0 Å². The lowest BCUT2D eigenvalue weighted by molar-refractivity contribution is 0.236. The van der Waals surface area contributed by atoms with E-state index < -0.39 is 0 Å². The number of urea groups is 1. The quantitative estimate of drug-likeness (QED) is 0.845. The summed E-state index contributed by atoms with van der Waals surface area (Å²) in [4.78, 5) is 11.8. The zero-order valence-electron chi connectivity index (χ0n) is 13.5. The predicted molar refractivity (Wildman–Crippen MR) is 91.7 cm³/mol. The summed E-state index contributed by atoms with van der Waals surface area (Å²) in [6.45, 7) is 6.83. The molecule has 0 aliphatic rings. The molecule has 0 bridgehead atoms. The van der Waals surface area contributed by atoms with Crippen LogP contribution in [0.4, 0.5) is 4.79 Å². The minimum atomic E-state index is -0.117. The summed E-state index contributed by atoms with van der Waals surface area (Å²) in [7, 11) is 0. The van der Waals surface area contributed by atoms with Gasteiger partial charge in [-0.1, -0.05) is 68.4 Å². The van der Waals surface area contributed by atoms with E-state index in [-0.39, 0.29) is 12.1 Å². The molecule has 2 rings (SSSR count). The maximum atomic E-state index is 11.8. The average Bonchev–Trinajstić information content (AvgIpc) is 2.54. The van der Waals surface area contributed by atoms with Crippen molar-refractivity contribution < 1.29 is 4.79 Å². The highest BCUT2D eigenvalue weighted by Crippen LogP contribution is 2.21. The first-order valence-electron chi connectivity index (χ1n) is 7.76. The molecule has 0 spiro atoms. The summed E-state index contributed by atoms with van der Waals surface area (Å²) in [5.41, 5.74) is 3.48. The molecule has 0 saturated carbocycles. The van der Waals surface area contributed by atoms with Crippen molar-refractivity contribution in [2.24, 2.45) is 5.92 Å². The second-order valence-electron chi connectivity index (χ2n) is 5.96. The smallest absolute Gasteiger partial charge is 0.315 e. The third-order valence-corrected chi connectivity index (χ3v) is 3.54. The summed E-state index contributed by atoms with van der Waals surface area (Å²) in [5.74, 6) is 0.450. The molecule has 0 saturated heterocycles. The third-order valence-electron chi connectivity index (χ3n) is 3.54. The number of carbonyl (C=O) groups excluding carboxylic acids is 1. The van der Waals surface area contributed by atoms with Gasteiger partial charge >= 0.3 is 6.03 Å². The van der Waals surface area contributed by atoms with E-state index in [9.17, 15) is 4.79 Å². The van der Waals surface area contributed by atoms with Gasteiger partial charge in [0.25, 0.3) is 0 Å². The van der Waals surface area contributed by atoms with Crippen LogP contribution >= 0.6 is 0 Å². The lowest BCUT2D eigenvalue weighted by Crippen LogP contribution is -2.38. The van der Waals surface area contributed by atoms with Crippen LogP contribution in [0.15, 0.2) is 54.6 Å². The molecule has 0 unspecified atom stereocenters. The highest BCUT2D eigenvalue weighted by molar-refractivity contribution is 5.74. The first kappa shape index (κ1) is 16.1. The fourth-order valence-electron chi connectivity index (χ4n) is 2.22. The Morgan fingerprint density at radius 1 is 0.909 bits per heavy atom. The van der Waals surface area contributed by atoms with E-state index >= 15 is 0 Å². The summed E-state index contributed by atoms with van der Waals surface area (Å²) in [5, 5.41) is 5.83. The maximum absolute atomic E-state index is 11.8. The van der Waals surface area contributed by atoms with E-state index in [1.807, 2.05) is 25.1 Å². The van der Waals surface area contributed by atoms with E-state index in [4.69, 9.17) is 0 Å². The van der Waals surface area contributed by atoms with Gasteiger partial charge in [-0.25, -0.2) is 4.79 Å². The van der Waals surface area contributed by atoms with Crippen molar-refractivity contribution in [2.45, 2.75) is 26.8 Å². The van der Waals surface area contributed by atoms with Crippen LogP contribution in [0.25, 0.3) is 11.1 Å². The Morgan fingerprint density at radius 2 is 1.50 bits per heavy atom. The van der Waals surface area contributed by atoms with E-state index in [2.05, 4.69) is 60.9 Å². The molecule has 1 atom stereocenters. The molecule has 0 aliphatic carbocycles. The van der Waals surface area contributed by atoms with Crippen molar-refractivity contribution in [3.8, 4) is 11.1 Å². The molecule has 0 radical (unpaired) electrons. The van der Waals surface area contributed by atoms with Gasteiger partial charge in [-0.05, 0) is 29.5 Å². The third kappa shape index (κ3) is 4.62. The number of amides is 2. The molecule has 116 valence electrons. The lowest BCUT2D eigenvalue weighted by atomic mass is 10.0. The predicted octanol–water partition coefficient (Wildman–Crippen LogP) is 4.37. The second kappa shape index (κ2) is 7.64. The van der Waals surface area contributed by atoms with Crippen molar-refractivity contribution in [2.75, 3.05) is 6.54 Å². The van der Waals surface area contributed by atoms with Crippen molar-refractivity contribution in [1.29, 1.82) is 0 Å². The normalized spacial score (nSPS) is 12.0. The molecule has 2 aromatic rings. The summed E-state index contributed by atoms with van der Waals surface area (Å²) >= 11 is 0. The van der Waals surface area contributed by atoms with Gasteiger partial charge in [-0.2, -0.15) is 0 Å². The Bertz CT molecular complexity index is 591. The van der Waals surface area contributed by atoms with Crippen molar-refractivity contribution in [3.63, 3.8) is 0 Å². The van der Waals surface area contributed by atoms with Gasteiger partial charge in [-0.15, -0.1) is 0 Å². The maximum Gasteiger partial charge on any atom is 0.315 e. The van der Waals surface area contributed by atoms with Gasteiger partial charge in [0.15, 0.2) is 0 Å². The molecule has 0 fully saturated rings. The zero-order valence-corrected chi connectivity index (χ0v) is 13.5. The second-order valence-corrected chi connectivity index (χ2v) is 5.96. The largest absolute Gasteiger partial charge is 0.338 e. The first-order valence-corrected chi connectivity index (χ1v) is 7.76. The van der Waals surface area contributed by atoms with Gasteiger partial charge in [0.05, 0.1) is 6.04 Å². The van der Waals surface area contributed by atoms with Gasteiger partial charge in [0.1, 0.15) is 0 Å². The molecule has 0 aromatic heterocycles.